The number of halogens is 1. The molecule has 2 unspecified atom stereocenters. The van der Waals surface area contributed by atoms with Gasteiger partial charge in [0.2, 0.25) is 0 Å². The maximum atomic E-state index is 12.0. The summed E-state index contributed by atoms with van der Waals surface area (Å²) in [6, 6.07) is 6.55. The van der Waals surface area contributed by atoms with E-state index in [0.717, 1.165) is 0 Å². The van der Waals surface area contributed by atoms with Gasteiger partial charge in [-0.3, -0.25) is 4.79 Å². The minimum Gasteiger partial charge on any atom is -0.481 e. The average Bonchev–Trinajstić information content (AvgIpc) is 2.71. The van der Waals surface area contributed by atoms with Crippen molar-refractivity contribution in [3.05, 3.63) is 29.3 Å². The van der Waals surface area contributed by atoms with Gasteiger partial charge in [0.05, 0.1) is 5.92 Å². The highest BCUT2D eigenvalue weighted by atomic mass is 35.5. The van der Waals surface area contributed by atoms with Crippen molar-refractivity contribution in [2.45, 2.75) is 6.92 Å². The minimum absolute atomic E-state index is 0.0392. The molecule has 0 aliphatic carbocycles. The number of amides is 2. The summed E-state index contributed by atoms with van der Waals surface area (Å²) in [6.45, 7) is 2.53. The van der Waals surface area contributed by atoms with Crippen molar-refractivity contribution in [2.75, 3.05) is 18.4 Å². The molecule has 0 radical (unpaired) electrons. The van der Waals surface area contributed by atoms with Crippen LogP contribution in [0.4, 0.5) is 10.5 Å². The normalized spacial score (nSPS) is 22.3. The maximum Gasteiger partial charge on any atom is 0.321 e. The number of carboxylic acids is 1. The minimum atomic E-state index is -0.856. The highest BCUT2D eigenvalue weighted by Crippen LogP contribution is 2.24. The zero-order valence-electron chi connectivity index (χ0n) is 10.5. The molecule has 2 N–H and O–H groups in total. The van der Waals surface area contributed by atoms with Gasteiger partial charge in [0.1, 0.15) is 0 Å². The van der Waals surface area contributed by atoms with E-state index in [2.05, 4.69) is 5.32 Å². The lowest BCUT2D eigenvalue weighted by Gasteiger charge is -2.16. The van der Waals surface area contributed by atoms with Crippen LogP contribution in [0.15, 0.2) is 24.3 Å². The topological polar surface area (TPSA) is 69.6 Å². The first-order chi connectivity index (χ1) is 8.97. The average molecular weight is 283 g/mol. The predicted molar refractivity (Wildman–Crippen MR) is 72.3 cm³/mol. The number of benzene rings is 1. The van der Waals surface area contributed by atoms with Gasteiger partial charge in [-0.05, 0) is 24.1 Å². The van der Waals surface area contributed by atoms with Crippen molar-refractivity contribution < 1.29 is 14.7 Å². The summed E-state index contributed by atoms with van der Waals surface area (Å²) < 4.78 is 0. The largest absolute Gasteiger partial charge is 0.481 e. The second kappa shape index (κ2) is 5.48. The standard InChI is InChI=1S/C13H15ClN2O3/c1-8-6-16(7-11(8)12(17)18)13(19)15-10-4-2-3-9(14)5-10/h2-5,8,11H,6-7H2,1H3,(H,15,19)(H,17,18). The molecule has 0 spiro atoms. The molecule has 0 saturated carbocycles. The Kier molecular flexibility index (Phi) is 3.95. The zero-order valence-corrected chi connectivity index (χ0v) is 11.2. The van der Waals surface area contributed by atoms with E-state index < -0.39 is 11.9 Å². The van der Waals surface area contributed by atoms with Crippen LogP contribution in [0.2, 0.25) is 5.02 Å². The summed E-state index contributed by atoms with van der Waals surface area (Å²) in [5.74, 6) is -1.39. The van der Waals surface area contributed by atoms with Crippen LogP contribution in [-0.4, -0.2) is 35.1 Å². The molecule has 2 amide bonds. The highest BCUT2D eigenvalue weighted by Gasteiger charge is 2.36. The van der Waals surface area contributed by atoms with Crippen molar-refractivity contribution >= 4 is 29.3 Å². The molecule has 1 aromatic carbocycles. The first-order valence-electron chi connectivity index (χ1n) is 6.01. The third-order valence-electron chi connectivity index (χ3n) is 3.29. The molecule has 1 aliphatic heterocycles. The molecule has 5 nitrogen and oxygen atoms in total. The number of nitrogens with zero attached hydrogens (tertiary/aromatic N) is 1. The molecule has 1 heterocycles. The van der Waals surface area contributed by atoms with E-state index in [-0.39, 0.29) is 18.5 Å². The molecule has 19 heavy (non-hydrogen) atoms. The molecule has 1 aliphatic rings. The van der Waals surface area contributed by atoms with Crippen LogP contribution in [-0.2, 0) is 4.79 Å². The number of carbonyl (C=O) groups is 2. The summed E-state index contributed by atoms with van der Waals surface area (Å²) >= 11 is 5.83. The smallest absolute Gasteiger partial charge is 0.321 e. The van der Waals surface area contributed by atoms with E-state index in [1.165, 1.54) is 4.90 Å². The van der Waals surface area contributed by atoms with Crippen LogP contribution < -0.4 is 5.32 Å². The van der Waals surface area contributed by atoms with Gasteiger partial charge >= 0.3 is 12.0 Å². The van der Waals surface area contributed by atoms with E-state index in [1.807, 2.05) is 6.92 Å². The fraction of sp³-hybridized carbons (Fsp3) is 0.385. The first-order valence-corrected chi connectivity index (χ1v) is 6.39. The molecular formula is C13H15ClN2O3. The van der Waals surface area contributed by atoms with Gasteiger partial charge in [-0.1, -0.05) is 24.6 Å². The van der Waals surface area contributed by atoms with Crippen molar-refractivity contribution in [1.29, 1.82) is 0 Å². The fourth-order valence-electron chi connectivity index (χ4n) is 2.22. The van der Waals surface area contributed by atoms with E-state index in [0.29, 0.717) is 17.3 Å². The van der Waals surface area contributed by atoms with Crippen molar-refractivity contribution in [3.63, 3.8) is 0 Å². The number of urea groups is 1. The first kappa shape index (κ1) is 13.7. The molecule has 6 heteroatoms. The fourth-order valence-corrected chi connectivity index (χ4v) is 2.41. The summed E-state index contributed by atoms with van der Waals surface area (Å²) in [7, 11) is 0. The number of hydrogen-bond donors (Lipinski definition) is 2. The lowest BCUT2D eigenvalue weighted by molar-refractivity contribution is -0.142. The molecule has 2 atom stereocenters. The number of rotatable bonds is 2. The number of carboxylic acid groups (broad SMARTS) is 1. The van der Waals surface area contributed by atoms with Gasteiger partial charge in [0.25, 0.3) is 0 Å². The maximum absolute atomic E-state index is 12.0. The summed E-state index contributed by atoms with van der Waals surface area (Å²) in [5.41, 5.74) is 0.601. The highest BCUT2D eigenvalue weighted by molar-refractivity contribution is 6.30. The summed E-state index contributed by atoms with van der Waals surface area (Å²) in [5, 5.41) is 12.3. The molecular weight excluding hydrogens is 268 g/mol. The third-order valence-corrected chi connectivity index (χ3v) is 3.53. The number of aliphatic carboxylic acids is 1. The Morgan fingerprint density at radius 2 is 2.16 bits per heavy atom. The Labute approximate surface area is 116 Å². The molecule has 2 rings (SSSR count). The second-order valence-corrected chi connectivity index (χ2v) is 5.20. The van der Waals surface area contributed by atoms with Crippen LogP contribution in [0.1, 0.15) is 6.92 Å². The Morgan fingerprint density at radius 1 is 1.42 bits per heavy atom. The van der Waals surface area contributed by atoms with Gasteiger partial charge in [-0.25, -0.2) is 4.79 Å². The monoisotopic (exact) mass is 282 g/mol. The second-order valence-electron chi connectivity index (χ2n) is 4.77. The van der Waals surface area contributed by atoms with Gasteiger partial charge in [0.15, 0.2) is 0 Å². The SMILES string of the molecule is CC1CN(C(=O)Nc2cccc(Cl)c2)CC1C(=O)O. The molecule has 1 aromatic rings. The molecule has 102 valence electrons. The van der Waals surface area contributed by atoms with Crippen LogP contribution in [0.5, 0.6) is 0 Å². The van der Waals surface area contributed by atoms with E-state index >= 15 is 0 Å². The molecule has 0 bridgehead atoms. The van der Waals surface area contributed by atoms with E-state index in [1.54, 1.807) is 24.3 Å². The summed E-state index contributed by atoms with van der Waals surface area (Å²) in [6.07, 6.45) is 0. The lowest BCUT2D eigenvalue weighted by Crippen LogP contribution is -2.33. The summed E-state index contributed by atoms with van der Waals surface area (Å²) in [4.78, 5) is 24.5. The van der Waals surface area contributed by atoms with E-state index in [4.69, 9.17) is 16.7 Å². The number of carbonyl (C=O) groups excluding carboxylic acids is 1. The molecule has 1 saturated heterocycles. The zero-order chi connectivity index (χ0) is 14.0. The van der Waals surface area contributed by atoms with Gasteiger partial charge in [-0.15, -0.1) is 0 Å². The van der Waals surface area contributed by atoms with E-state index in [9.17, 15) is 9.59 Å². The lowest BCUT2D eigenvalue weighted by atomic mass is 9.99. The van der Waals surface area contributed by atoms with Crippen LogP contribution in [0, 0.1) is 11.8 Å². The molecule has 1 fully saturated rings. The van der Waals surface area contributed by atoms with Gasteiger partial charge in [-0.2, -0.15) is 0 Å². The Hall–Kier alpha value is -1.75. The number of nitrogens with one attached hydrogen (secondary N) is 1. The number of likely N-dealkylation sites (tertiary alicyclic amines) is 1. The van der Waals surface area contributed by atoms with Crippen molar-refractivity contribution in [2.24, 2.45) is 11.8 Å². The Bertz CT molecular complexity index is 506. The van der Waals surface area contributed by atoms with Gasteiger partial charge < -0.3 is 15.3 Å². The van der Waals surface area contributed by atoms with Crippen molar-refractivity contribution in [1.82, 2.24) is 4.90 Å². The quantitative estimate of drug-likeness (QED) is 0.876. The molecule has 0 aromatic heterocycles. The number of anilines is 1. The van der Waals surface area contributed by atoms with Crippen molar-refractivity contribution in [3.8, 4) is 0 Å². The van der Waals surface area contributed by atoms with Crippen LogP contribution >= 0.6 is 11.6 Å². The predicted octanol–water partition coefficient (Wildman–Crippen LogP) is 2.52. The third kappa shape index (κ3) is 3.17. The Morgan fingerprint density at radius 3 is 2.74 bits per heavy atom. The van der Waals surface area contributed by atoms with Crippen LogP contribution in [0.3, 0.4) is 0 Å². The Balaban J connectivity index is 2.00. The van der Waals surface area contributed by atoms with Gasteiger partial charge in [0, 0.05) is 23.8 Å². The number of hydrogen-bond acceptors (Lipinski definition) is 2. The van der Waals surface area contributed by atoms with Crippen LogP contribution in [0.25, 0.3) is 0 Å².